The minimum Gasteiger partial charge on any atom is -0.456 e. The van der Waals surface area contributed by atoms with Crippen LogP contribution < -0.4 is 5.32 Å². The SMILES string of the molecule is CC[Si](CC)(CC)O[C@@H](C(=O)O[C@H]1C[C@@]2(O)[C@@H](OC(=O)c3ccccc3)[C@@H]3[C@]4(OC(C)=O)CO[C@@H]4C(=O)[C@@H](O)[C@@]3(C)C(=O)[C@H](OC(C)=O)C(=C1C)C2(C)C)[C@@H](NC(=O)c1ccccc1)c1ccccc1. The summed E-state index contributed by atoms with van der Waals surface area (Å²) in [7, 11) is -2.77. The van der Waals surface area contributed by atoms with Crippen LogP contribution in [-0.4, -0.2) is 114 Å². The van der Waals surface area contributed by atoms with Gasteiger partial charge in [0, 0.05) is 31.2 Å². The van der Waals surface area contributed by atoms with Gasteiger partial charge in [-0.3, -0.25) is 24.0 Å². The molecule has 3 fully saturated rings. The minimum absolute atomic E-state index is 0.0258. The molecule has 0 radical (unpaired) electrons. The molecule has 0 unspecified atom stereocenters. The normalized spacial score (nSPS) is 29.9. The van der Waals surface area contributed by atoms with Gasteiger partial charge < -0.3 is 43.6 Å². The number of rotatable bonds is 15. The lowest BCUT2D eigenvalue weighted by Gasteiger charge is -2.66. The van der Waals surface area contributed by atoms with Gasteiger partial charge in [0.25, 0.3) is 5.91 Å². The molecule has 1 saturated heterocycles. The van der Waals surface area contributed by atoms with Crippen LogP contribution in [0, 0.1) is 16.7 Å². The Morgan fingerprint density at radius 1 is 0.800 bits per heavy atom. The average molecular weight is 982 g/mol. The van der Waals surface area contributed by atoms with Crippen molar-refractivity contribution in [2.45, 2.75) is 141 Å². The third kappa shape index (κ3) is 8.73. The minimum atomic E-state index is -2.77. The standard InChI is InChI=1S/C53H63NO15Si/c1-10-70(11-2,12-3)69-41(38(33-22-16-13-17-23-33)54-47(60)34-24-18-14-19-25-34)49(62)66-36-28-53(63)46(67-48(61)35-26-20-15-21-27-35)42-51(9,43(58)39(57)45-52(42,29-64-45)68-32(6)56)44(59)40(65-31(5)55)37(30(36)4)50(53,7)8/h13-27,36,38,40-43,45-46,58,63H,10-12,28-29H2,1-9H3,(H,54,60)/t36-,38-,40+,41+,42-,43+,45+,46-,51-,52+,53+/m0/s1. The Kier molecular flexibility index (Phi) is 14.7. The number of aliphatic hydroxyl groups is 2. The number of esters is 4. The molecule has 3 aliphatic carbocycles. The van der Waals surface area contributed by atoms with E-state index in [0.717, 1.165) is 13.8 Å². The molecular formula is C53H63NO15Si. The molecule has 16 nitrogen and oxygen atoms in total. The maximum absolute atomic E-state index is 15.8. The molecule has 2 saturated carbocycles. The van der Waals surface area contributed by atoms with Crippen molar-refractivity contribution in [1.82, 2.24) is 5.32 Å². The summed E-state index contributed by atoms with van der Waals surface area (Å²) in [6, 6.07) is 25.7. The number of ketones is 2. The van der Waals surface area contributed by atoms with E-state index in [1.165, 1.54) is 19.1 Å². The number of hydrogen-bond donors (Lipinski definition) is 3. The molecule has 1 amide bonds. The van der Waals surface area contributed by atoms with Crippen LogP contribution in [0.3, 0.4) is 0 Å². The van der Waals surface area contributed by atoms with Gasteiger partial charge in [0.15, 0.2) is 43.8 Å². The van der Waals surface area contributed by atoms with Gasteiger partial charge in [0.2, 0.25) is 0 Å². The Morgan fingerprint density at radius 2 is 1.36 bits per heavy atom. The lowest BCUT2D eigenvalue weighted by Crippen LogP contribution is -2.84. The summed E-state index contributed by atoms with van der Waals surface area (Å²) in [6.07, 6.45) is -11.4. The van der Waals surface area contributed by atoms with Crippen molar-refractivity contribution < 1.29 is 71.9 Å². The van der Waals surface area contributed by atoms with E-state index in [0.29, 0.717) is 29.3 Å². The molecule has 70 heavy (non-hydrogen) atoms. The van der Waals surface area contributed by atoms with E-state index in [9.17, 15) is 34.2 Å². The fourth-order valence-electron chi connectivity index (χ4n) is 11.5. The zero-order valence-corrected chi connectivity index (χ0v) is 42.0. The zero-order chi connectivity index (χ0) is 51.1. The predicted molar refractivity (Wildman–Crippen MR) is 254 cm³/mol. The molecule has 4 aliphatic rings. The molecule has 2 bridgehead atoms. The van der Waals surface area contributed by atoms with Crippen LogP contribution in [0.1, 0.15) is 101 Å². The number of nitrogens with one attached hydrogen (secondary N) is 1. The summed E-state index contributed by atoms with van der Waals surface area (Å²) < 4.78 is 37.7. The van der Waals surface area contributed by atoms with Gasteiger partial charge in [-0.05, 0) is 73.0 Å². The van der Waals surface area contributed by atoms with Crippen molar-refractivity contribution >= 4 is 49.7 Å². The number of ether oxygens (including phenoxy) is 5. The summed E-state index contributed by atoms with van der Waals surface area (Å²) in [5.41, 5.74) is -7.79. The number of carbonyl (C=O) groups is 7. The number of fused-ring (bicyclic) bond motifs is 5. The summed E-state index contributed by atoms with van der Waals surface area (Å²) in [5, 5.41) is 29.2. The van der Waals surface area contributed by atoms with Crippen LogP contribution >= 0.6 is 0 Å². The van der Waals surface area contributed by atoms with Gasteiger partial charge in [-0.15, -0.1) is 0 Å². The van der Waals surface area contributed by atoms with Crippen molar-refractivity contribution in [3.05, 3.63) is 119 Å². The maximum Gasteiger partial charge on any atom is 0.338 e. The highest BCUT2D eigenvalue weighted by atomic mass is 28.4. The largest absolute Gasteiger partial charge is 0.456 e. The Labute approximate surface area is 408 Å². The van der Waals surface area contributed by atoms with Crippen LogP contribution in [0.4, 0.5) is 0 Å². The number of benzene rings is 3. The van der Waals surface area contributed by atoms with Crippen molar-refractivity contribution in [1.29, 1.82) is 0 Å². The van der Waals surface area contributed by atoms with Crippen molar-refractivity contribution in [2.24, 2.45) is 16.7 Å². The van der Waals surface area contributed by atoms with E-state index in [-0.39, 0.29) is 16.7 Å². The van der Waals surface area contributed by atoms with E-state index in [1.807, 2.05) is 20.8 Å². The summed E-state index contributed by atoms with van der Waals surface area (Å²) in [5.74, 6) is -8.13. The second-order valence-corrected chi connectivity index (χ2v) is 24.4. The van der Waals surface area contributed by atoms with Crippen LogP contribution in [0.15, 0.2) is 102 Å². The van der Waals surface area contributed by atoms with Crippen molar-refractivity contribution in [2.75, 3.05) is 6.61 Å². The van der Waals surface area contributed by atoms with Gasteiger partial charge in [-0.1, -0.05) is 101 Å². The first kappa shape index (κ1) is 52.0. The first-order valence-electron chi connectivity index (χ1n) is 23.8. The first-order valence-corrected chi connectivity index (χ1v) is 26.3. The van der Waals surface area contributed by atoms with Gasteiger partial charge in [-0.2, -0.15) is 0 Å². The molecule has 7 rings (SSSR count). The fraction of sp³-hybridized carbons (Fsp3) is 0.491. The van der Waals surface area contributed by atoms with E-state index >= 15 is 9.59 Å². The summed E-state index contributed by atoms with van der Waals surface area (Å²) in [6.45, 7) is 13.4. The van der Waals surface area contributed by atoms with Gasteiger partial charge in [-0.25, -0.2) is 9.59 Å². The molecule has 3 N–H and O–H groups in total. The second-order valence-electron chi connectivity index (χ2n) is 19.6. The van der Waals surface area contributed by atoms with E-state index in [4.69, 9.17) is 28.1 Å². The monoisotopic (exact) mass is 981 g/mol. The van der Waals surface area contributed by atoms with E-state index in [2.05, 4.69) is 5.32 Å². The van der Waals surface area contributed by atoms with Crippen LogP contribution in [0.5, 0.6) is 0 Å². The second kappa shape index (κ2) is 19.7. The average Bonchev–Trinajstić information content (AvgIpc) is 3.33. The quantitative estimate of drug-likeness (QED) is 0.0693. The number of carbonyl (C=O) groups excluding carboxylic acids is 7. The summed E-state index contributed by atoms with van der Waals surface area (Å²) >= 11 is 0. The molecule has 1 heterocycles. The molecule has 374 valence electrons. The van der Waals surface area contributed by atoms with E-state index in [1.54, 1.807) is 99.6 Å². The molecule has 11 atom stereocenters. The predicted octanol–water partition coefficient (Wildman–Crippen LogP) is 5.94. The van der Waals surface area contributed by atoms with Crippen LogP contribution in [0.25, 0.3) is 0 Å². The molecule has 3 aromatic carbocycles. The molecule has 3 aromatic rings. The van der Waals surface area contributed by atoms with Gasteiger partial charge >= 0.3 is 23.9 Å². The van der Waals surface area contributed by atoms with Crippen molar-refractivity contribution in [3.8, 4) is 0 Å². The number of Topliss-reactive ketones (excluding diaryl/α,β-unsaturated/α-hetero) is 2. The smallest absolute Gasteiger partial charge is 0.338 e. The van der Waals surface area contributed by atoms with Crippen molar-refractivity contribution in [3.63, 3.8) is 0 Å². The molecule has 1 aliphatic heterocycles. The van der Waals surface area contributed by atoms with Gasteiger partial charge in [0.05, 0.1) is 29.5 Å². The third-order valence-corrected chi connectivity index (χ3v) is 20.2. The van der Waals surface area contributed by atoms with Gasteiger partial charge in [0.1, 0.15) is 23.9 Å². The Bertz CT molecular complexity index is 2540. The highest BCUT2D eigenvalue weighted by Gasteiger charge is 2.80. The first-order chi connectivity index (χ1) is 33.1. The lowest BCUT2D eigenvalue weighted by atomic mass is 9.44. The highest BCUT2D eigenvalue weighted by Crippen LogP contribution is 2.64. The Morgan fingerprint density at radius 3 is 1.87 bits per heavy atom. The molecule has 17 heteroatoms. The zero-order valence-electron chi connectivity index (χ0n) is 41.0. The maximum atomic E-state index is 15.8. The molecule has 0 spiro atoms. The molecular weight excluding hydrogens is 919 g/mol. The number of hydrogen-bond acceptors (Lipinski definition) is 15. The summed E-state index contributed by atoms with van der Waals surface area (Å²) in [4.78, 5) is 100. The Balaban J connectivity index is 1.46. The highest BCUT2D eigenvalue weighted by molar-refractivity contribution is 6.73. The number of aliphatic hydroxyl groups excluding tert-OH is 1. The fourth-order valence-corrected chi connectivity index (χ4v) is 14.2. The Hall–Kier alpha value is -5.85. The van der Waals surface area contributed by atoms with Crippen LogP contribution in [-0.2, 0) is 52.1 Å². The third-order valence-electron chi connectivity index (χ3n) is 15.6. The number of amides is 1. The topological polar surface area (TPSA) is 227 Å². The van der Waals surface area contributed by atoms with Crippen LogP contribution in [0.2, 0.25) is 18.1 Å². The van der Waals surface area contributed by atoms with E-state index < -0.39 is 133 Å². The molecule has 0 aromatic heterocycles. The lowest BCUT2D eigenvalue weighted by molar-refractivity contribution is -0.327.